The summed E-state index contributed by atoms with van der Waals surface area (Å²) < 4.78 is 28.2. The van der Waals surface area contributed by atoms with Crippen molar-refractivity contribution >= 4 is 28.1 Å². The Bertz CT molecular complexity index is 1040. The third-order valence-corrected chi connectivity index (χ3v) is 6.18. The number of benzene rings is 1. The lowest BCUT2D eigenvalue weighted by molar-refractivity contribution is 0.0964. The molecule has 1 aliphatic heterocycles. The fourth-order valence-electron chi connectivity index (χ4n) is 3.50. The highest BCUT2D eigenvalue weighted by Gasteiger charge is 2.27. The van der Waals surface area contributed by atoms with Gasteiger partial charge in [0.2, 0.25) is 0 Å². The van der Waals surface area contributed by atoms with Gasteiger partial charge in [-0.15, -0.1) is 0 Å². The third-order valence-electron chi connectivity index (χ3n) is 5.26. The molecule has 11 heteroatoms. The van der Waals surface area contributed by atoms with Crippen LogP contribution in [0.1, 0.15) is 28.9 Å². The molecule has 172 valence electrons. The number of carbonyl (C=O) groups excluding carboxylic acids is 1. The van der Waals surface area contributed by atoms with Gasteiger partial charge >= 0.3 is 0 Å². The number of aliphatic imine (C=N–C) groups is 1. The number of rotatable bonds is 4. The maximum atomic E-state index is 14.3. The van der Waals surface area contributed by atoms with Crippen molar-refractivity contribution in [1.82, 2.24) is 15.2 Å². The fraction of sp³-hybridized carbons (Fsp3) is 0.381. The number of aryl methyl sites for hydroxylation is 1. The number of carbonyl (C=O) groups is 1. The monoisotopic (exact) mass is 463 g/mol. The third kappa shape index (κ3) is 5.05. The zero-order valence-electron chi connectivity index (χ0n) is 17.9. The second-order valence-electron chi connectivity index (χ2n) is 7.54. The summed E-state index contributed by atoms with van der Waals surface area (Å²) in [5.74, 6) is -0.656. The molecular formula is C21H27F2N7OS. The van der Waals surface area contributed by atoms with Crippen molar-refractivity contribution < 1.29 is 13.6 Å². The van der Waals surface area contributed by atoms with Gasteiger partial charge in [-0.2, -0.15) is 0 Å². The van der Waals surface area contributed by atoms with Crippen LogP contribution in [0.3, 0.4) is 0 Å². The van der Waals surface area contributed by atoms with Gasteiger partial charge in [0, 0.05) is 37.9 Å². The number of nitrogens with two attached hydrogens (primary N) is 3. The summed E-state index contributed by atoms with van der Waals surface area (Å²) >= 11 is 1.02. The van der Waals surface area contributed by atoms with E-state index in [9.17, 15) is 13.6 Å². The molecular weight excluding hydrogens is 436 g/mol. The largest absolute Gasteiger partial charge is 0.403 e. The molecule has 8 nitrogen and oxygen atoms in total. The van der Waals surface area contributed by atoms with Crippen LogP contribution in [0.2, 0.25) is 0 Å². The molecule has 1 aromatic carbocycles. The molecule has 2 unspecified atom stereocenters. The SMILES string of the molecule is CN=C(C(=CN)NC(=O)c1nc(-c2cc(C)ccc2F)sc1N)N1CCC(N)C(F)CC1. The van der Waals surface area contributed by atoms with Crippen molar-refractivity contribution in [2.24, 2.45) is 16.5 Å². The van der Waals surface area contributed by atoms with Gasteiger partial charge in [0.05, 0.1) is 5.70 Å². The summed E-state index contributed by atoms with van der Waals surface area (Å²) in [7, 11) is 1.55. The highest BCUT2D eigenvalue weighted by molar-refractivity contribution is 7.19. The standard InChI is InChI=1S/C21H27F2N7OS/c1-11-3-4-13(22)12(9-11)21-29-17(18(26)32-21)20(31)28-16(10-24)19(27-2)30-7-5-14(23)15(25)6-8-30/h3-4,9-10,14-15H,5-8,24-26H2,1-2H3,(H,28,31). The van der Waals surface area contributed by atoms with Crippen molar-refractivity contribution in [2.45, 2.75) is 32.0 Å². The molecule has 0 bridgehead atoms. The first-order valence-corrected chi connectivity index (χ1v) is 10.9. The predicted octanol–water partition coefficient (Wildman–Crippen LogP) is 2.16. The van der Waals surface area contributed by atoms with E-state index in [4.69, 9.17) is 17.2 Å². The van der Waals surface area contributed by atoms with Crippen molar-refractivity contribution in [3.05, 3.63) is 47.2 Å². The summed E-state index contributed by atoms with van der Waals surface area (Å²) in [6.45, 7) is 2.68. The number of nitrogen functional groups attached to an aromatic ring is 1. The molecule has 2 heterocycles. The van der Waals surface area contributed by atoms with E-state index >= 15 is 0 Å². The van der Waals surface area contributed by atoms with E-state index in [1.165, 1.54) is 12.3 Å². The second kappa shape index (κ2) is 10.0. The number of aromatic nitrogens is 1. The van der Waals surface area contributed by atoms with E-state index < -0.39 is 23.9 Å². The van der Waals surface area contributed by atoms with Crippen LogP contribution >= 0.6 is 11.3 Å². The minimum Gasteiger partial charge on any atom is -0.403 e. The first kappa shape index (κ1) is 23.6. The molecule has 7 N–H and O–H groups in total. The highest BCUT2D eigenvalue weighted by atomic mass is 32.1. The number of nitrogens with one attached hydrogen (secondary N) is 1. The Balaban J connectivity index is 1.81. The Hall–Kier alpha value is -3.05. The molecule has 2 aromatic rings. The summed E-state index contributed by atoms with van der Waals surface area (Å²) in [6.07, 6.45) is 0.794. The Morgan fingerprint density at radius 1 is 1.38 bits per heavy atom. The number of likely N-dealkylation sites (tertiary alicyclic amines) is 1. The number of halogens is 2. The van der Waals surface area contributed by atoms with E-state index in [2.05, 4.69) is 15.3 Å². The Morgan fingerprint density at radius 2 is 2.09 bits per heavy atom. The zero-order valence-corrected chi connectivity index (χ0v) is 18.8. The van der Waals surface area contributed by atoms with Gasteiger partial charge in [-0.25, -0.2) is 13.8 Å². The van der Waals surface area contributed by atoms with Crippen LogP contribution in [-0.4, -0.2) is 54.0 Å². The number of anilines is 1. The van der Waals surface area contributed by atoms with E-state index in [0.29, 0.717) is 30.4 Å². The molecule has 0 radical (unpaired) electrons. The van der Waals surface area contributed by atoms with Crippen LogP contribution in [0.4, 0.5) is 13.8 Å². The van der Waals surface area contributed by atoms with Gasteiger partial charge < -0.3 is 27.4 Å². The maximum absolute atomic E-state index is 14.3. The van der Waals surface area contributed by atoms with Crippen LogP contribution in [0.15, 0.2) is 35.1 Å². The summed E-state index contributed by atoms with van der Waals surface area (Å²) in [6, 6.07) is 4.09. The Morgan fingerprint density at radius 3 is 2.78 bits per heavy atom. The number of hydrogen-bond donors (Lipinski definition) is 4. The lowest BCUT2D eigenvalue weighted by atomic mass is 10.1. The summed E-state index contributed by atoms with van der Waals surface area (Å²) in [5.41, 5.74) is 18.9. The normalized spacial score (nSPS) is 20.2. The number of hydrogen-bond acceptors (Lipinski definition) is 7. The predicted molar refractivity (Wildman–Crippen MR) is 123 cm³/mol. The number of amides is 1. The number of alkyl halides is 1. The Kier molecular flexibility index (Phi) is 7.41. The van der Waals surface area contributed by atoms with Crippen molar-refractivity contribution in [3.63, 3.8) is 0 Å². The van der Waals surface area contributed by atoms with Gasteiger partial charge in [0.1, 0.15) is 27.8 Å². The van der Waals surface area contributed by atoms with Crippen LogP contribution in [0.25, 0.3) is 10.6 Å². The van der Waals surface area contributed by atoms with E-state index in [0.717, 1.165) is 16.9 Å². The van der Waals surface area contributed by atoms with Gasteiger partial charge in [0.15, 0.2) is 5.69 Å². The molecule has 0 spiro atoms. The lowest BCUT2D eigenvalue weighted by Crippen LogP contribution is -2.40. The number of nitrogens with zero attached hydrogens (tertiary/aromatic N) is 3. The number of thiazole rings is 1. The van der Waals surface area contributed by atoms with Gasteiger partial charge in [-0.05, 0) is 31.9 Å². The highest BCUT2D eigenvalue weighted by Crippen LogP contribution is 2.32. The van der Waals surface area contributed by atoms with Crippen molar-refractivity contribution in [2.75, 3.05) is 25.9 Å². The smallest absolute Gasteiger partial charge is 0.277 e. The van der Waals surface area contributed by atoms with Gasteiger partial charge in [-0.1, -0.05) is 23.0 Å². The first-order chi connectivity index (χ1) is 15.2. The molecule has 1 amide bonds. The molecule has 3 rings (SSSR count). The van der Waals surface area contributed by atoms with E-state index in [1.54, 1.807) is 19.2 Å². The molecule has 1 aromatic heterocycles. The summed E-state index contributed by atoms with van der Waals surface area (Å²) in [5, 5.41) is 3.12. The molecule has 2 atom stereocenters. The first-order valence-electron chi connectivity index (χ1n) is 10.1. The molecule has 1 fully saturated rings. The fourth-order valence-corrected chi connectivity index (χ4v) is 4.35. The van der Waals surface area contributed by atoms with Crippen molar-refractivity contribution in [1.29, 1.82) is 0 Å². The molecule has 1 aliphatic rings. The second-order valence-corrected chi connectivity index (χ2v) is 8.57. The topological polar surface area (TPSA) is 136 Å². The average Bonchev–Trinajstić information content (AvgIpc) is 3.08. The molecule has 0 saturated carbocycles. The van der Waals surface area contributed by atoms with Gasteiger partial charge in [-0.3, -0.25) is 9.79 Å². The molecule has 32 heavy (non-hydrogen) atoms. The van der Waals surface area contributed by atoms with Gasteiger partial charge in [0.25, 0.3) is 5.91 Å². The van der Waals surface area contributed by atoms with E-state index in [1.807, 2.05) is 11.8 Å². The van der Waals surface area contributed by atoms with Crippen LogP contribution in [0, 0.1) is 12.7 Å². The molecule has 0 aliphatic carbocycles. The minimum absolute atomic E-state index is 0.0394. The minimum atomic E-state index is -1.10. The Labute approximate surface area is 189 Å². The van der Waals surface area contributed by atoms with Crippen LogP contribution in [-0.2, 0) is 0 Å². The van der Waals surface area contributed by atoms with Crippen LogP contribution in [0.5, 0.6) is 0 Å². The number of amidine groups is 1. The molecule has 1 saturated heterocycles. The van der Waals surface area contributed by atoms with Crippen molar-refractivity contribution in [3.8, 4) is 10.6 Å². The lowest BCUT2D eigenvalue weighted by Gasteiger charge is -2.25. The summed E-state index contributed by atoms with van der Waals surface area (Å²) in [4.78, 5) is 23.2. The average molecular weight is 464 g/mol. The van der Waals surface area contributed by atoms with Crippen LogP contribution < -0.4 is 22.5 Å². The maximum Gasteiger partial charge on any atom is 0.277 e. The van der Waals surface area contributed by atoms with E-state index in [-0.39, 0.29) is 28.4 Å². The quantitative estimate of drug-likeness (QED) is 0.405. The zero-order chi connectivity index (χ0) is 23.4.